The van der Waals surface area contributed by atoms with Gasteiger partial charge in [0.2, 0.25) is 11.8 Å². The third kappa shape index (κ3) is 7.13. The molecular weight excluding hydrogens is 258 g/mol. The van der Waals surface area contributed by atoms with E-state index in [2.05, 4.69) is 5.32 Å². The van der Waals surface area contributed by atoms with Crippen LogP contribution in [0.25, 0.3) is 0 Å². The highest BCUT2D eigenvalue weighted by atomic mass is 32.2. The first kappa shape index (κ1) is 16.7. The molecule has 0 rings (SSSR count). The molecule has 0 bridgehead atoms. The normalized spacial score (nSPS) is 13.7. The van der Waals surface area contributed by atoms with Crippen molar-refractivity contribution in [2.45, 2.75) is 31.3 Å². The summed E-state index contributed by atoms with van der Waals surface area (Å²) in [5, 5.41) is 11.3. The van der Waals surface area contributed by atoms with Gasteiger partial charge in [0.25, 0.3) is 0 Å². The molecule has 7 nitrogen and oxygen atoms in total. The van der Waals surface area contributed by atoms with Crippen LogP contribution in [0.4, 0.5) is 0 Å². The molecule has 0 radical (unpaired) electrons. The minimum atomic E-state index is -1.10. The highest BCUT2D eigenvalue weighted by Crippen LogP contribution is 2.02. The molecule has 2 atom stereocenters. The number of hydrogen-bond acceptors (Lipinski definition) is 5. The number of hydrogen-bond donors (Lipinski definition) is 4. The monoisotopic (exact) mass is 277 g/mol. The van der Waals surface area contributed by atoms with E-state index in [4.69, 9.17) is 16.6 Å². The standard InChI is InChI=1S/C10H19N3O4S/c1-18-5-4-7(10(16)17)13-9(15)6(11)2-3-8(12)14/h6-7H,2-5,11H2,1H3,(H2,12,14)(H,13,15)(H,16,17)/t6-,7-/m0/s1. The minimum Gasteiger partial charge on any atom is -0.480 e. The summed E-state index contributed by atoms with van der Waals surface area (Å²) in [6.07, 6.45) is 2.28. The number of carboxylic acids is 1. The number of amides is 2. The topological polar surface area (TPSA) is 136 Å². The predicted octanol–water partition coefficient (Wildman–Crippen LogP) is -1.10. The molecule has 0 saturated heterocycles. The van der Waals surface area contributed by atoms with E-state index in [1.54, 1.807) is 0 Å². The number of nitrogens with one attached hydrogen (secondary N) is 1. The fraction of sp³-hybridized carbons (Fsp3) is 0.700. The molecule has 0 aliphatic carbocycles. The predicted molar refractivity (Wildman–Crippen MR) is 69.0 cm³/mol. The minimum absolute atomic E-state index is 0.00284. The van der Waals surface area contributed by atoms with E-state index in [-0.39, 0.29) is 12.8 Å². The summed E-state index contributed by atoms with van der Waals surface area (Å²) in [5.41, 5.74) is 10.5. The van der Waals surface area contributed by atoms with E-state index in [9.17, 15) is 14.4 Å². The van der Waals surface area contributed by atoms with Gasteiger partial charge in [0.15, 0.2) is 0 Å². The van der Waals surface area contributed by atoms with Crippen molar-refractivity contribution < 1.29 is 19.5 Å². The van der Waals surface area contributed by atoms with Gasteiger partial charge < -0.3 is 21.9 Å². The van der Waals surface area contributed by atoms with Crippen LogP contribution in [0.5, 0.6) is 0 Å². The van der Waals surface area contributed by atoms with Crippen molar-refractivity contribution in [2.24, 2.45) is 11.5 Å². The fourth-order valence-corrected chi connectivity index (χ4v) is 1.67. The molecule has 0 aromatic rings. The zero-order chi connectivity index (χ0) is 14.1. The second-order valence-corrected chi connectivity index (χ2v) is 4.78. The van der Waals surface area contributed by atoms with E-state index >= 15 is 0 Å². The van der Waals surface area contributed by atoms with Gasteiger partial charge in [-0.05, 0) is 24.9 Å². The van der Waals surface area contributed by atoms with Crippen molar-refractivity contribution in [1.29, 1.82) is 0 Å². The molecule has 0 aromatic carbocycles. The van der Waals surface area contributed by atoms with E-state index in [1.807, 2.05) is 6.26 Å². The SMILES string of the molecule is CSCC[C@H](NC(=O)[C@@H](N)CCC(N)=O)C(=O)O. The first-order valence-corrected chi connectivity index (χ1v) is 6.83. The Bertz CT molecular complexity index is 311. The van der Waals surface area contributed by atoms with Gasteiger partial charge in [-0.2, -0.15) is 11.8 Å². The Morgan fingerprint density at radius 2 is 1.94 bits per heavy atom. The average Bonchev–Trinajstić information content (AvgIpc) is 2.30. The van der Waals surface area contributed by atoms with E-state index in [1.165, 1.54) is 11.8 Å². The lowest BCUT2D eigenvalue weighted by atomic mass is 10.1. The molecule has 0 aromatic heterocycles. The molecule has 0 spiro atoms. The first-order valence-electron chi connectivity index (χ1n) is 5.44. The first-order chi connectivity index (χ1) is 8.38. The number of carbonyl (C=O) groups is 3. The van der Waals surface area contributed by atoms with Crippen molar-refractivity contribution >= 4 is 29.5 Å². The lowest BCUT2D eigenvalue weighted by Gasteiger charge is -2.17. The highest BCUT2D eigenvalue weighted by Gasteiger charge is 2.22. The van der Waals surface area contributed by atoms with E-state index in [0.717, 1.165) is 0 Å². The molecule has 0 aliphatic rings. The van der Waals surface area contributed by atoms with E-state index in [0.29, 0.717) is 12.2 Å². The lowest BCUT2D eigenvalue weighted by Crippen LogP contribution is -2.48. The van der Waals surface area contributed by atoms with Gasteiger partial charge in [-0.25, -0.2) is 4.79 Å². The summed E-state index contributed by atoms with van der Waals surface area (Å²) in [5.74, 6) is -1.60. The zero-order valence-electron chi connectivity index (χ0n) is 10.2. The van der Waals surface area contributed by atoms with Crippen LogP contribution < -0.4 is 16.8 Å². The maximum Gasteiger partial charge on any atom is 0.326 e. The van der Waals surface area contributed by atoms with Gasteiger partial charge in [-0.1, -0.05) is 0 Å². The quantitative estimate of drug-likeness (QED) is 0.422. The zero-order valence-corrected chi connectivity index (χ0v) is 11.0. The molecule has 6 N–H and O–H groups in total. The largest absolute Gasteiger partial charge is 0.480 e. The van der Waals surface area contributed by atoms with Crippen LogP contribution in [-0.2, 0) is 14.4 Å². The van der Waals surface area contributed by atoms with Crippen LogP contribution in [0.2, 0.25) is 0 Å². The third-order valence-corrected chi connectivity index (χ3v) is 2.91. The maximum atomic E-state index is 11.6. The van der Waals surface area contributed by atoms with Crippen molar-refractivity contribution in [3.63, 3.8) is 0 Å². The van der Waals surface area contributed by atoms with Crippen LogP contribution in [0.3, 0.4) is 0 Å². The number of carboxylic acid groups (broad SMARTS) is 1. The molecule has 0 saturated carbocycles. The summed E-state index contributed by atoms with van der Waals surface area (Å²) in [6.45, 7) is 0. The number of aliphatic carboxylic acids is 1. The molecule has 0 fully saturated rings. The van der Waals surface area contributed by atoms with Crippen molar-refractivity contribution in [2.75, 3.05) is 12.0 Å². The van der Waals surface area contributed by atoms with Gasteiger partial charge in [0.05, 0.1) is 6.04 Å². The Balaban J connectivity index is 4.22. The van der Waals surface area contributed by atoms with E-state index < -0.39 is 29.9 Å². The molecule has 0 aliphatic heterocycles. The average molecular weight is 277 g/mol. The van der Waals surface area contributed by atoms with Gasteiger partial charge in [-0.15, -0.1) is 0 Å². The van der Waals surface area contributed by atoms with Crippen LogP contribution in [-0.4, -0.2) is 47.0 Å². The molecule has 2 amide bonds. The summed E-state index contributed by atoms with van der Waals surface area (Å²) >= 11 is 1.49. The van der Waals surface area contributed by atoms with Crippen molar-refractivity contribution in [1.82, 2.24) is 5.32 Å². The summed E-state index contributed by atoms with van der Waals surface area (Å²) < 4.78 is 0. The fourth-order valence-electron chi connectivity index (χ4n) is 1.20. The molecule has 104 valence electrons. The number of carbonyl (C=O) groups excluding carboxylic acids is 2. The van der Waals surface area contributed by atoms with Crippen LogP contribution >= 0.6 is 11.8 Å². The Kier molecular flexibility index (Phi) is 8.14. The Labute approximate surface area is 110 Å². The second-order valence-electron chi connectivity index (χ2n) is 3.79. The Morgan fingerprint density at radius 1 is 1.33 bits per heavy atom. The summed E-state index contributed by atoms with van der Waals surface area (Å²) in [6, 6.07) is -1.88. The molecule has 18 heavy (non-hydrogen) atoms. The lowest BCUT2D eigenvalue weighted by molar-refractivity contribution is -0.142. The number of rotatable bonds is 9. The van der Waals surface area contributed by atoms with Gasteiger partial charge in [0, 0.05) is 6.42 Å². The van der Waals surface area contributed by atoms with Gasteiger partial charge in [-0.3, -0.25) is 9.59 Å². The maximum absolute atomic E-state index is 11.6. The summed E-state index contributed by atoms with van der Waals surface area (Å²) in [4.78, 5) is 33.0. The number of primary amides is 1. The number of thioether (sulfide) groups is 1. The molecule has 0 unspecified atom stereocenters. The van der Waals surface area contributed by atoms with Crippen molar-refractivity contribution in [3.8, 4) is 0 Å². The molecule has 8 heteroatoms. The Morgan fingerprint density at radius 3 is 2.39 bits per heavy atom. The van der Waals surface area contributed by atoms with Crippen LogP contribution in [0.1, 0.15) is 19.3 Å². The molecule has 0 heterocycles. The van der Waals surface area contributed by atoms with Crippen LogP contribution in [0.15, 0.2) is 0 Å². The smallest absolute Gasteiger partial charge is 0.326 e. The third-order valence-electron chi connectivity index (χ3n) is 2.26. The summed E-state index contributed by atoms with van der Waals surface area (Å²) in [7, 11) is 0. The second kappa shape index (κ2) is 8.76. The van der Waals surface area contributed by atoms with Gasteiger partial charge >= 0.3 is 5.97 Å². The van der Waals surface area contributed by atoms with Gasteiger partial charge in [0.1, 0.15) is 6.04 Å². The Hall–Kier alpha value is -1.28. The molecular formula is C10H19N3O4S. The number of nitrogens with two attached hydrogens (primary N) is 2. The van der Waals surface area contributed by atoms with Crippen molar-refractivity contribution in [3.05, 3.63) is 0 Å². The van der Waals surface area contributed by atoms with Crippen LogP contribution in [0, 0.1) is 0 Å². The highest BCUT2D eigenvalue weighted by molar-refractivity contribution is 7.98.